The maximum Gasteiger partial charge on any atom is 0.201 e. The molecule has 30 heavy (non-hydrogen) atoms. The van der Waals surface area contributed by atoms with Crippen LogP contribution >= 0.6 is 47.8 Å². The van der Waals surface area contributed by atoms with E-state index in [1.165, 1.54) is 0 Å². The molecule has 0 radical (unpaired) electrons. The van der Waals surface area contributed by atoms with Gasteiger partial charge in [0.15, 0.2) is 5.78 Å². The van der Waals surface area contributed by atoms with E-state index in [2.05, 4.69) is 75.5 Å². The van der Waals surface area contributed by atoms with Crippen molar-refractivity contribution < 1.29 is 14.7 Å². The lowest BCUT2D eigenvalue weighted by Crippen LogP contribution is -2.35. The van der Waals surface area contributed by atoms with Gasteiger partial charge in [-0.05, 0) is 90.9 Å². The third-order valence-corrected chi connectivity index (χ3v) is 8.24. The number of halogens is 3. The number of fused-ring (bicyclic) bond motifs is 2. The SMILES string of the molecule is CC1(C)CCC(C)(C)c2cc3c(cc21)C(=O)C(Br)=C(c1cc(Br)cc(Br)c1O)C3=O. The Kier molecular flexibility index (Phi) is 5.23. The minimum Gasteiger partial charge on any atom is -0.506 e. The number of hydrogen-bond donors (Lipinski definition) is 1. The summed E-state index contributed by atoms with van der Waals surface area (Å²) in [6.07, 6.45) is 2.04. The lowest BCUT2D eigenvalue weighted by molar-refractivity contribution is 0.0998. The molecule has 156 valence electrons. The second kappa shape index (κ2) is 7.14. The molecule has 0 aromatic heterocycles. The summed E-state index contributed by atoms with van der Waals surface area (Å²) in [5, 5.41) is 10.6. The molecule has 0 heterocycles. The number of hydrogen-bond acceptors (Lipinski definition) is 3. The van der Waals surface area contributed by atoms with E-state index in [0.717, 1.165) is 24.0 Å². The summed E-state index contributed by atoms with van der Waals surface area (Å²) >= 11 is 10.1. The zero-order valence-electron chi connectivity index (χ0n) is 17.1. The van der Waals surface area contributed by atoms with E-state index in [1.54, 1.807) is 12.1 Å². The Hall–Kier alpha value is -1.24. The number of carbonyl (C=O) groups excluding carboxylic acids is 2. The van der Waals surface area contributed by atoms with Crippen molar-refractivity contribution in [3.05, 3.63) is 65.5 Å². The molecule has 6 heteroatoms. The van der Waals surface area contributed by atoms with Crippen LogP contribution in [-0.4, -0.2) is 16.7 Å². The molecule has 0 saturated heterocycles. The van der Waals surface area contributed by atoms with Crippen molar-refractivity contribution in [1.82, 2.24) is 0 Å². The monoisotopic (exact) mass is 594 g/mol. The fourth-order valence-electron chi connectivity index (χ4n) is 4.45. The number of ketones is 2. The van der Waals surface area contributed by atoms with E-state index in [0.29, 0.717) is 25.6 Å². The van der Waals surface area contributed by atoms with Gasteiger partial charge in [0.1, 0.15) is 5.75 Å². The van der Waals surface area contributed by atoms with Gasteiger partial charge >= 0.3 is 0 Å². The van der Waals surface area contributed by atoms with Crippen molar-refractivity contribution in [1.29, 1.82) is 0 Å². The van der Waals surface area contributed by atoms with Crippen LogP contribution < -0.4 is 0 Å². The first-order chi connectivity index (χ1) is 13.8. The van der Waals surface area contributed by atoms with Gasteiger partial charge < -0.3 is 5.11 Å². The number of phenolic OH excluding ortho intramolecular Hbond substituents is 1. The van der Waals surface area contributed by atoms with Gasteiger partial charge in [-0.25, -0.2) is 0 Å². The second-order valence-corrected chi connectivity index (χ2v) is 11.9. The van der Waals surface area contributed by atoms with Crippen molar-refractivity contribution in [3.8, 4) is 5.75 Å². The average Bonchev–Trinajstić information content (AvgIpc) is 2.66. The van der Waals surface area contributed by atoms with Crippen LogP contribution in [-0.2, 0) is 10.8 Å². The van der Waals surface area contributed by atoms with Crippen molar-refractivity contribution in [2.24, 2.45) is 0 Å². The zero-order chi connectivity index (χ0) is 22.2. The number of allylic oxidation sites excluding steroid dienone is 2. The third kappa shape index (κ3) is 3.26. The summed E-state index contributed by atoms with van der Waals surface area (Å²) in [6.45, 7) is 8.75. The largest absolute Gasteiger partial charge is 0.506 e. The highest BCUT2D eigenvalue weighted by molar-refractivity contribution is 9.12. The number of rotatable bonds is 1. The molecular weight excluding hydrogens is 576 g/mol. The Bertz CT molecular complexity index is 1170. The minimum absolute atomic E-state index is 0.0624. The normalized spacial score (nSPS) is 19.6. The molecule has 2 aliphatic carbocycles. The average molecular weight is 597 g/mol. The molecule has 2 aromatic rings. The number of phenols is 1. The fourth-order valence-corrected chi connectivity index (χ4v) is 6.29. The lowest BCUT2D eigenvalue weighted by atomic mass is 9.62. The predicted molar refractivity (Wildman–Crippen MR) is 130 cm³/mol. The Morgan fingerprint density at radius 2 is 1.27 bits per heavy atom. The van der Waals surface area contributed by atoms with E-state index >= 15 is 0 Å². The Morgan fingerprint density at radius 1 is 0.767 bits per heavy atom. The van der Waals surface area contributed by atoms with Crippen LogP contribution in [0.3, 0.4) is 0 Å². The van der Waals surface area contributed by atoms with Crippen LogP contribution in [0.25, 0.3) is 5.57 Å². The van der Waals surface area contributed by atoms with Gasteiger partial charge in [0.05, 0.1) is 14.5 Å². The third-order valence-electron chi connectivity index (χ3n) is 6.42. The van der Waals surface area contributed by atoms with Crippen LogP contribution in [0.15, 0.2) is 37.7 Å². The van der Waals surface area contributed by atoms with E-state index in [4.69, 9.17) is 0 Å². The molecule has 2 aromatic carbocycles. The quantitative estimate of drug-likeness (QED) is 0.372. The van der Waals surface area contributed by atoms with Crippen LogP contribution in [0.5, 0.6) is 5.75 Å². The van der Waals surface area contributed by atoms with Crippen LogP contribution in [0.2, 0.25) is 0 Å². The number of carbonyl (C=O) groups is 2. The van der Waals surface area contributed by atoms with Crippen molar-refractivity contribution in [2.75, 3.05) is 0 Å². The summed E-state index contributed by atoms with van der Waals surface area (Å²) in [5.74, 6) is -0.579. The zero-order valence-corrected chi connectivity index (χ0v) is 21.9. The Labute approximate surface area is 201 Å². The Morgan fingerprint density at radius 3 is 1.80 bits per heavy atom. The number of aromatic hydroxyl groups is 1. The summed E-state index contributed by atoms with van der Waals surface area (Å²) in [5.41, 5.74) is 3.43. The first-order valence-electron chi connectivity index (χ1n) is 9.72. The molecular formula is C24H21Br3O3. The summed E-state index contributed by atoms with van der Waals surface area (Å²) in [4.78, 5) is 26.9. The van der Waals surface area contributed by atoms with Crippen LogP contribution in [0.1, 0.15) is 77.9 Å². The van der Waals surface area contributed by atoms with Gasteiger partial charge in [-0.1, -0.05) is 43.6 Å². The van der Waals surface area contributed by atoms with Gasteiger partial charge in [0, 0.05) is 21.2 Å². The second-order valence-electron chi connectivity index (χ2n) is 9.34. The highest BCUT2D eigenvalue weighted by atomic mass is 79.9. The Balaban J connectivity index is 1.99. The standard InChI is InChI=1S/C24H21Br3O3/c1-23(2)5-6-24(3,4)16-10-13-12(9-15(16)23)21(29)18(19(27)22(13)30)14-7-11(25)8-17(26)20(14)28/h7-10,28H,5-6H2,1-4H3. The van der Waals surface area contributed by atoms with Gasteiger partial charge in [-0.3, -0.25) is 9.59 Å². The molecule has 0 amide bonds. The smallest absolute Gasteiger partial charge is 0.201 e. The van der Waals surface area contributed by atoms with E-state index < -0.39 is 0 Å². The van der Waals surface area contributed by atoms with E-state index in [-0.39, 0.29) is 38.2 Å². The lowest BCUT2D eigenvalue weighted by Gasteiger charge is -2.42. The van der Waals surface area contributed by atoms with Crippen LogP contribution in [0, 0.1) is 0 Å². The van der Waals surface area contributed by atoms with Gasteiger partial charge in [-0.2, -0.15) is 0 Å². The molecule has 1 N–H and O–H groups in total. The molecule has 0 bridgehead atoms. The predicted octanol–water partition coefficient (Wildman–Crippen LogP) is 7.45. The van der Waals surface area contributed by atoms with E-state index in [1.807, 2.05) is 12.1 Å². The molecule has 0 atom stereocenters. The number of benzene rings is 2. The highest BCUT2D eigenvalue weighted by Crippen LogP contribution is 2.49. The molecule has 0 saturated carbocycles. The highest BCUT2D eigenvalue weighted by Gasteiger charge is 2.41. The van der Waals surface area contributed by atoms with Gasteiger partial charge in [0.25, 0.3) is 0 Å². The van der Waals surface area contributed by atoms with Crippen molar-refractivity contribution in [2.45, 2.75) is 51.4 Å². The summed E-state index contributed by atoms with van der Waals surface area (Å²) < 4.78 is 1.31. The van der Waals surface area contributed by atoms with Gasteiger partial charge in [0.2, 0.25) is 5.78 Å². The molecule has 0 unspecified atom stereocenters. The maximum absolute atomic E-state index is 13.6. The van der Waals surface area contributed by atoms with Crippen molar-refractivity contribution >= 4 is 64.9 Å². The number of Topliss-reactive ketones (excluding diaryl/α,β-unsaturated/α-hetero) is 2. The molecule has 0 aliphatic heterocycles. The van der Waals surface area contributed by atoms with Gasteiger partial charge in [-0.15, -0.1) is 0 Å². The summed E-state index contributed by atoms with van der Waals surface area (Å²) in [7, 11) is 0. The molecule has 3 nitrogen and oxygen atoms in total. The van der Waals surface area contributed by atoms with Crippen LogP contribution in [0.4, 0.5) is 0 Å². The first-order valence-corrected chi connectivity index (χ1v) is 12.1. The van der Waals surface area contributed by atoms with E-state index in [9.17, 15) is 14.7 Å². The first kappa shape index (κ1) is 22.0. The molecule has 4 rings (SSSR count). The molecule has 2 aliphatic rings. The maximum atomic E-state index is 13.6. The fraction of sp³-hybridized carbons (Fsp3) is 0.333. The topological polar surface area (TPSA) is 54.4 Å². The molecule has 0 spiro atoms. The molecule has 0 fully saturated rings. The minimum atomic E-state index is -0.265. The summed E-state index contributed by atoms with van der Waals surface area (Å²) in [6, 6.07) is 7.17. The van der Waals surface area contributed by atoms with Crippen molar-refractivity contribution in [3.63, 3.8) is 0 Å².